The minimum Gasteiger partial charge on any atom is -0.324 e. The number of hydrogen-bond acceptors (Lipinski definition) is 1. The first kappa shape index (κ1) is 10.6. The predicted molar refractivity (Wildman–Crippen MR) is 60.0 cm³/mol. The molecule has 0 aliphatic heterocycles. The lowest BCUT2D eigenvalue weighted by molar-refractivity contribution is 0.534. The third kappa shape index (κ3) is 2.78. The highest BCUT2D eigenvalue weighted by Crippen LogP contribution is 2.35. The molecule has 1 atom stereocenters. The molecule has 82 valence electrons. The molecule has 1 unspecified atom stereocenters. The zero-order chi connectivity index (χ0) is 10.8. The van der Waals surface area contributed by atoms with Gasteiger partial charge in [-0.1, -0.05) is 25.0 Å². The molecule has 1 saturated carbocycles. The fraction of sp³-hybridized carbons (Fsp3) is 0.538. The Morgan fingerprint density at radius 2 is 2.20 bits per heavy atom. The van der Waals surface area contributed by atoms with Crippen LogP contribution in [0.5, 0.6) is 0 Å². The maximum atomic E-state index is 13.6. The normalized spacial score (nSPS) is 17.8. The standard InChI is InChI=1S/C13H18FN/c1-9-2-6-11(12(14)8-9)13(15)7-5-10-3-4-10/h2,6,8,10,13H,3-5,7,15H2,1H3. The van der Waals surface area contributed by atoms with Gasteiger partial charge in [-0.25, -0.2) is 4.39 Å². The Morgan fingerprint density at radius 1 is 1.47 bits per heavy atom. The largest absolute Gasteiger partial charge is 0.324 e. The molecule has 2 rings (SSSR count). The lowest BCUT2D eigenvalue weighted by Gasteiger charge is -2.13. The van der Waals surface area contributed by atoms with Crippen molar-refractivity contribution < 1.29 is 4.39 Å². The van der Waals surface area contributed by atoms with Crippen molar-refractivity contribution in [1.29, 1.82) is 0 Å². The Kier molecular flexibility index (Phi) is 3.06. The Labute approximate surface area is 90.5 Å². The zero-order valence-electron chi connectivity index (χ0n) is 9.17. The van der Waals surface area contributed by atoms with Crippen LogP contribution in [0.3, 0.4) is 0 Å². The molecule has 2 N–H and O–H groups in total. The van der Waals surface area contributed by atoms with Crippen molar-refractivity contribution in [3.63, 3.8) is 0 Å². The molecule has 1 aliphatic carbocycles. The molecule has 0 amide bonds. The molecule has 1 nitrogen and oxygen atoms in total. The second kappa shape index (κ2) is 4.31. The number of halogens is 1. The molecule has 0 bridgehead atoms. The maximum Gasteiger partial charge on any atom is 0.128 e. The van der Waals surface area contributed by atoms with Crippen molar-refractivity contribution >= 4 is 0 Å². The maximum absolute atomic E-state index is 13.6. The van der Waals surface area contributed by atoms with Gasteiger partial charge in [-0.2, -0.15) is 0 Å². The van der Waals surface area contributed by atoms with Gasteiger partial charge in [-0.05, 0) is 37.3 Å². The molecule has 15 heavy (non-hydrogen) atoms. The zero-order valence-corrected chi connectivity index (χ0v) is 9.17. The highest BCUT2D eigenvalue weighted by atomic mass is 19.1. The first-order valence-electron chi connectivity index (χ1n) is 5.68. The van der Waals surface area contributed by atoms with E-state index in [0.717, 1.165) is 24.3 Å². The van der Waals surface area contributed by atoms with Crippen LogP contribution < -0.4 is 5.73 Å². The molecule has 1 aliphatic rings. The van der Waals surface area contributed by atoms with Crippen molar-refractivity contribution in [2.24, 2.45) is 11.7 Å². The fourth-order valence-corrected chi connectivity index (χ4v) is 1.91. The Morgan fingerprint density at radius 3 is 2.80 bits per heavy atom. The van der Waals surface area contributed by atoms with E-state index in [9.17, 15) is 4.39 Å². The van der Waals surface area contributed by atoms with E-state index in [0.29, 0.717) is 5.56 Å². The summed E-state index contributed by atoms with van der Waals surface area (Å²) in [4.78, 5) is 0. The molecular formula is C13H18FN. The topological polar surface area (TPSA) is 26.0 Å². The number of benzene rings is 1. The highest BCUT2D eigenvalue weighted by molar-refractivity contribution is 5.25. The quantitative estimate of drug-likeness (QED) is 0.805. The molecule has 0 spiro atoms. The summed E-state index contributed by atoms with van der Waals surface area (Å²) in [5.41, 5.74) is 7.60. The van der Waals surface area contributed by atoms with Crippen LogP contribution in [0.4, 0.5) is 4.39 Å². The summed E-state index contributed by atoms with van der Waals surface area (Å²) in [7, 11) is 0. The van der Waals surface area contributed by atoms with E-state index < -0.39 is 0 Å². The first-order chi connectivity index (χ1) is 7.16. The van der Waals surface area contributed by atoms with Gasteiger partial charge in [0, 0.05) is 11.6 Å². The number of hydrogen-bond donors (Lipinski definition) is 1. The van der Waals surface area contributed by atoms with Gasteiger partial charge in [0.05, 0.1) is 0 Å². The number of rotatable bonds is 4. The third-order valence-electron chi connectivity index (χ3n) is 3.14. The minimum atomic E-state index is -0.154. The van der Waals surface area contributed by atoms with Crippen molar-refractivity contribution in [3.8, 4) is 0 Å². The van der Waals surface area contributed by atoms with Crippen molar-refractivity contribution in [3.05, 3.63) is 35.1 Å². The molecule has 0 radical (unpaired) electrons. The van der Waals surface area contributed by atoms with E-state index in [1.54, 1.807) is 6.07 Å². The SMILES string of the molecule is Cc1ccc(C(N)CCC2CC2)c(F)c1. The van der Waals surface area contributed by atoms with Crippen LogP contribution in [-0.4, -0.2) is 0 Å². The van der Waals surface area contributed by atoms with Gasteiger partial charge in [0.15, 0.2) is 0 Å². The van der Waals surface area contributed by atoms with E-state index in [2.05, 4.69) is 0 Å². The molecule has 0 saturated heterocycles. The molecule has 1 aromatic rings. The number of nitrogens with two attached hydrogens (primary N) is 1. The molecule has 2 heteroatoms. The highest BCUT2D eigenvalue weighted by Gasteiger charge is 2.22. The number of aryl methyl sites for hydroxylation is 1. The lowest BCUT2D eigenvalue weighted by atomic mass is 10.00. The van der Waals surface area contributed by atoms with Crippen LogP contribution in [0.1, 0.15) is 42.9 Å². The summed E-state index contributed by atoms with van der Waals surface area (Å²) in [6, 6.07) is 5.18. The van der Waals surface area contributed by atoms with Crippen LogP contribution in [0.15, 0.2) is 18.2 Å². The summed E-state index contributed by atoms with van der Waals surface area (Å²) < 4.78 is 13.6. The van der Waals surface area contributed by atoms with E-state index in [1.165, 1.54) is 12.8 Å². The molecule has 0 aromatic heterocycles. The Bertz CT molecular complexity index is 344. The van der Waals surface area contributed by atoms with Crippen LogP contribution >= 0.6 is 0 Å². The van der Waals surface area contributed by atoms with E-state index in [4.69, 9.17) is 5.73 Å². The minimum absolute atomic E-state index is 0.133. The molecule has 0 heterocycles. The van der Waals surface area contributed by atoms with E-state index >= 15 is 0 Å². The Balaban J connectivity index is 1.99. The van der Waals surface area contributed by atoms with Crippen LogP contribution in [0.2, 0.25) is 0 Å². The summed E-state index contributed by atoms with van der Waals surface area (Å²) in [5, 5.41) is 0. The fourth-order valence-electron chi connectivity index (χ4n) is 1.91. The molecule has 1 aromatic carbocycles. The van der Waals surface area contributed by atoms with Gasteiger partial charge in [0.25, 0.3) is 0 Å². The van der Waals surface area contributed by atoms with Crippen LogP contribution in [0.25, 0.3) is 0 Å². The van der Waals surface area contributed by atoms with Gasteiger partial charge in [-0.3, -0.25) is 0 Å². The molecular weight excluding hydrogens is 189 g/mol. The van der Waals surface area contributed by atoms with Gasteiger partial charge >= 0.3 is 0 Å². The second-order valence-electron chi connectivity index (χ2n) is 4.65. The molecule has 1 fully saturated rings. The van der Waals surface area contributed by atoms with Crippen LogP contribution in [-0.2, 0) is 0 Å². The first-order valence-corrected chi connectivity index (χ1v) is 5.68. The summed E-state index contributed by atoms with van der Waals surface area (Å²) in [6.45, 7) is 1.89. The average Bonchev–Trinajstić information content (AvgIpc) is 2.97. The Hall–Kier alpha value is -0.890. The van der Waals surface area contributed by atoms with E-state index in [-0.39, 0.29) is 11.9 Å². The summed E-state index contributed by atoms with van der Waals surface area (Å²) in [6.07, 6.45) is 4.73. The van der Waals surface area contributed by atoms with E-state index in [1.807, 2.05) is 19.1 Å². The van der Waals surface area contributed by atoms with Gasteiger partial charge in [-0.15, -0.1) is 0 Å². The predicted octanol–water partition coefficient (Wildman–Crippen LogP) is 3.32. The van der Waals surface area contributed by atoms with Crippen molar-refractivity contribution in [2.45, 2.75) is 38.6 Å². The van der Waals surface area contributed by atoms with Gasteiger partial charge in [0.1, 0.15) is 5.82 Å². The van der Waals surface area contributed by atoms with Gasteiger partial charge in [0.2, 0.25) is 0 Å². The average molecular weight is 207 g/mol. The van der Waals surface area contributed by atoms with Crippen molar-refractivity contribution in [2.75, 3.05) is 0 Å². The summed E-state index contributed by atoms with van der Waals surface area (Å²) >= 11 is 0. The van der Waals surface area contributed by atoms with Gasteiger partial charge < -0.3 is 5.73 Å². The lowest BCUT2D eigenvalue weighted by Crippen LogP contribution is -2.12. The monoisotopic (exact) mass is 207 g/mol. The smallest absolute Gasteiger partial charge is 0.128 e. The third-order valence-corrected chi connectivity index (χ3v) is 3.14. The summed E-state index contributed by atoms with van der Waals surface area (Å²) in [5.74, 6) is 0.711. The van der Waals surface area contributed by atoms with Crippen molar-refractivity contribution in [1.82, 2.24) is 0 Å². The van der Waals surface area contributed by atoms with Crippen LogP contribution in [0, 0.1) is 18.7 Å². The second-order valence-corrected chi connectivity index (χ2v) is 4.65.